The lowest BCUT2D eigenvalue weighted by molar-refractivity contribution is 0.0323. The number of nitrogens with two attached hydrogens (primary N) is 1. The van der Waals surface area contributed by atoms with Crippen molar-refractivity contribution in [3.05, 3.63) is 28.2 Å². The van der Waals surface area contributed by atoms with Crippen LogP contribution in [0.25, 0.3) is 0 Å². The Balaban J connectivity index is 2.69. The van der Waals surface area contributed by atoms with Crippen LogP contribution in [0.2, 0.25) is 0 Å². The van der Waals surface area contributed by atoms with Crippen molar-refractivity contribution >= 4 is 27.6 Å². The summed E-state index contributed by atoms with van der Waals surface area (Å²) in [4.78, 5) is 11.7. The number of hydrogen-bond acceptors (Lipinski definition) is 3. The average molecular weight is 286 g/mol. The van der Waals surface area contributed by atoms with Gasteiger partial charge in [0, 0.05) is 10.2 Å². The maximum atomic E-state index is 11.7. The maximum absolute atomic E-state index is 11.7. The molecule has 2 N–H and O–H groups in total. The van der Waals surface area contributed by atoms with Crippen LogP contribution in [0, 0.1) is 0 Å². The van der Waals surface area contributed by atoms with Gasteiger partial charge in [-0.15, -0.1) is 0 Å². The van der Waals surface area contributed by atoms with Crippen LogP contribution in [0.3, 0.4) is 0 Å². The van der Waals surface area contributed by atoms with E-state index in [9.17, 15) is 4.79 Å². The van der Waals surface area contributed by atoms with E-state index in [-0.39, 0.29) is 12.1 Å². The zero-order valence-corrected chi connectivity index (χ0v) is 11.1. The highest BCUT2D eigenvalue weighted by Crippen LogP contribution is 2.21. The number of rotatable bonds is 4. The molecule has 0 radical (unpaired) electrons. The summed E-state index contributed by atoms with van der Waals surface area (Å²) in [6, 6.07) is 5.06. The van der Waals surface area contributed by atoms with Crippen LogP contribution in [0.15, 0.2) is 22.7 Å². The Hall–Kier alpha value is -1.03. The second kappa shape index (κ2) is 5.89. The Kier molecular flexibility index (Phi) is 4.80. The molecule has 0 saturated heterocycles. The first-order valence-corrected chi connectivity index (χ1v) is 6.10. The van der Waals surface area contributed by atoms with E-state index in [1.54, 1.807) is 18.2 Å². The largest absolute Gasteiger partial charge is 0.459 e. The Morgan fingerprint density at radius 3 is 2.81 bits per heavy atom. The fourth-order valence-corrected chi connectivity index (χ4v) is 1.63. The molecular formula is C12H16BrNO2. The van der Waals surface area contributed by atoms with Gasteiger partial charge in [0.1, 0.15) is 0 Å². The predicted molar refractivity (Wildman–Crippen MR) is 68.3 cm³/mol. The summed E-state index contributed by atoms with van der Waals surface area (Å²) in [6.45, 7) is 3.95. The summed E-state index contributed by atoms with van der Waals surface area (Å²) >= 11 is 3.28. The smallest absolute Gasteiger partial charge is 0.338 e. The summed E-state index contributed by atoms with van der Waals surface area (Å²) in [5, 5.41) is 0. The molecule has 0 spiro atoms. The summed E-state index contributed by atoms with van der Waals surface area (Å²) < 4.78 is 6.04. The SMILES string of the molecule is CCCC(C)OC(=O)c1ccc(Br)c(N)c1. The van der Waals surface area contributed by atoms with Crippen molar-refractivity contribution in [2.45, 2.75) is 32.8 Å². The van der Waals surface area contributed by atoms with Crippen molar-refractivity contribution in [3.63, 3.8) is 0 Å². The highest BCUT2D eigenvalue weighted by molar-refractivity contribution is 9.10. The van der Waals surface area contributed by atoms with Crippen molar-refractivity contribution in [2.24, 2.45) is 0 Å². The van der Waals surface area contributed by atoms with E-state index >= 15 is 0 Å². The third kappa shape index (κ3) is 3.52. The van der Waals surface area contributed by atoms with Crippen LogP contribution in [-0.2, 0) is 4.74 Å². The van der Waals surface area contributed by atoms with Crippen LogP contribution in [0.1, 0.15) is 37.0 Å². The summed E-state index contributed by atoms with van der Waals surface area (Å²) in [5.41, 5.74) is 6.72. The molecule has 0 heterocycles. The highest BCUT2D eigenvalue weighted by atomic mass is 79.9. The number of carbonyl (C=O) groups is 1. The molecule has 3 nitrogen and oxygen atoms in total. The second-order valence-electron chi connectivity index (χ2n) is 3.74. The highest BCUT2D eigenvalue weighted by Gasteiger charge is 2.12. The van der Waals surface area contributed by atoms with E-state index < -0.39 is 0 Å². The number of ether oxygens (including phenoxy) is 1. The monoisotopic (exact) mass is 285 g/mol. The molecule has 4 heteroatoms. The van der Waals surface area contributed by atoms with Crippen LogP contribution in [-0.4, -0.2) is 12.1 Å². The molecule has 0 saturated carbocycles. The second-order valence-corrected chi connectivity index (χ2v) is 4.60. The first-order chi connectivity index (χ1) is 7.54. The normalized spacial score (nSPS) is 12.2. The topological polar surface area (TPSA) is 52.3 Å². The molecule has 16 heavy (non-hydrogen) atoms. The summed E-state index contributed by atoms with van der Waals surface area (Å²) in [5.74, 6) is -0.319. The number of nitrogen functional groups attached to an aromatic ring is 1. The number of benzene rings is 1. The van der Waals surface area contributed by atoms with Crippen molar-refractivity contribution in [1.29, 1.82) is 0 Å². The van der Waals surface area contributed by atoms with Gasteiger partial charge in [0.25, 0.3) is 0 Å². The van der Waals surface area contributed by atoms with Gasteiger partial charge in [-0.3, -0.25) is 0 Å². The number of hydrogen-bond donors (Lipinski definition) is 1. The van der Waals surface area contributed by atoms with E-state index in [0.29, 0.717) is 11.3 Å². The molecule has 0 aliphatic rings. The van der Waals surface area contributed by atoms with Gasteiger partial charge in [0.05, 0.1) is 11.7 Å². The minimum atomic E-state index is -0.319. The zero-order valence-electron chi connectivity index (χ0n) is 9.50. The van der Waals surface area contributed by atoms with Gasteiger partial charge in [-0.25, -0.2) is 4.79 Å². The van der Waals surface area contributed by atoms with Crippen LogP contribution in [0.5, 0.6) is 0 Å². The first-order valence-electron chi connectivity index (χ1n) is 5.30. The van der Waals surface area contributed by atoms with Crippen LogP contribution < -0.4 is 5.73 Å². The molecule has 1 aromatic carbocycles. The number of esters is 1. The molecule has 0 aliphatic heterocycles. The minimum Gasteiger partial charge on any atom is -0.459 e. The molecule has 1 rings (SSSR count). The molecule has 88 valence electrons. The van der Waals surface area contributed by atoms with Gasteiger partial charge < -0.3 is 10.5 Å². The lowest BCUT2D eigenvalue weighted by Crippen LogP contribution is -2.14. The fraction of sp³-hybridized carbons (Fsp3) is 0.417. The average Bonchev–Trinajstić information content (AvgIpc) is 2.22. The Morgan fingerprint density at radius 2 is 2.25 bits per heavy atom. The number of halogens is 1. The third-order valence-corrected chi connectivity index (χ3v) is 2.96. The quantitative estimate of drug-likeness (QED) is 0.682. The lowest BCUT2D eigenvalue weighted by Gasteiger charge is -2.12. The first kappa shape index (κ1) is 13.0. The Bertz CT molecular complexity index is 379. The predicted octanol–water partition coefficient (Wildman–Crippen LogP) is 3.38. The van der Waals surface area contributed by atoms with Gasteiger partial charge in [-0.1, -0.05) is 13.3 Å². The molecule has 0 aliphatic carbocycles. The maximum Gasteiger partial charge on any atom is 0.338 e. The van der Waals surface area contributed by atoms with E-state index in [1.807, 2.05) is 6.92 Å². The van der Waals surface area contributed by atoms with E-state index in [0.717, 1.165) is 17.3 Å². The Labute approximate surface area is 104 Å². The fourth-order valence-electron chi connectivity index (χ4n) is 1.39. The van der Waals surface area contributed by atoms with E-state index in [4.69, 9.17) is 10.5 Å². The van der Waals surface area contributed by atoms with Crippen molar-refractivity contribution in [1.82, 2.24) is 0 Å². The lowest BCUT2D eigenvalue weighted by atomic mass is 10.2. The molecule has 1 aromatic rings. The van der Waals surface area contributed by atoms with Crippen molar-refractivity contribution in [2.75, 3.05) is 5.73 Å². The van der Waals surface area contributed by atoms with Gasteiger partial charge in [0.15, 0.2) is 0 Å². The molecule has 1 atom stereocenters. The summed E-state index contributed by atoms with van der Waals surface area (Å²) in [6.07, 6.45) is 1.82. The molecule has 0 amide bonds. The minimum absolute atomic E-state index is 0.0534. The number of carbonyl (C=O) groups excluding carboxylic acids is 1. The molecule has 0 bridgehead atoms. The Morgan fingerprint density at radius 1 is 1.56 bits per heavy atom. The van der Waals surface area contributed by atoms with Gasteiger partial charge in [-0.2, -0.15) is 0 Å². The van der Waals surface area contributed by atoms with Crippen LogP contribution in [0.4, 0.5) is 5.69 Å². The summed E-state index contributed by atoms with van der Waals surface area (Å²) in [7, 11) is 0. The van der Waals surface area contributed by atoms with Gasteiger partial charge >= 0.3 is 5.97 Å². The van der Waals surface area contributed by atoms with Crippen molar-refractivity contribution < 1.29 is 9.53 Å². The molecule has 1 unspecified atom stereocenters. The van der Waals surface area contributed by atoms with Gasteiger partial charge in [0.2, 0.25) is 0 Å². The van der Waals surface area contributed by atoms with E-state index in [2.05, 4.69) is 22.9 Å². The van der Waals surface area contributed by atoms with Gasteiger partial charge in [-0.05, 0) is 47.5 Å². The standard InChI is InChI=1S/C12H16BrNO2/c1-3-4-8(2)16-12(15)9-5-6-10(13)11(14)7-9/h5-8H,3-4,14H2,1-2H3. The molecular weight excluding hydrogens is 270 g/mol. The van der Waals surface area contributed by atoms with Crippen molar-refractivity contribution in [3.8, 4) is 0 Å². The van der Waals surface area contributed by atoms with Crippen LogP contribution >= 0.6 is 15.9 Å². The zero-order chi connectivity index (χ0) is 12.1. The third-order valence-electron chi connectivity index (χ3n) is 2.24. The van der Waals surface area contributed by atoms with E-state index in [1.165, 1.54) is 0 Å². The molecule has 0 aromatic heterocycles. The molecule has 0 fully saturated rings. The number of anilines is 1.